The molecule has 0 spiro atoms. The van der Waals surface area contributed by atoms with Crippen LogP contribution >= 0.6 is 0 Å². The Morgan fingerprint density at radius 3 is 2.50 bits per heavy atom. The van der Waals surface area contributed by atoms with E-state index in [-0.39, 0.29) is 11.4 Å². The van der Waals surface area contributed by atoms with Gasteiger partial charge < -0.3 is 14.8 Å². The molecule has 0 fully saturated rings. The second kappa shape index (κ2) is 6.86. The van der Waals surface area contributed by atoms with Crippen molar-refractivity contribution in [3.8, 4) is 5.75 Å². The van der Waals surface area contributed by atoms with Gasteiger partial charge in [-0.2, -0.15) is 0 Å². The van der Waals surface area contributed by atoms with Crippen molar-refractivity contribution in [3.05, 3.63) is 41.1 Å². The zero-order valence-electron chi connectivity index (χ0n) is 13.9. The molecule has 1 aromatic rings. The summed E-state index contributed by atoms with van der Waals surface area (Å²) < 4.78 is 10.1. The van der Waals surface area contributed by atoms with Crippen LogP contribution in [0, 0.1) is 5.41 Å². The van der Waals surface area contributed by atoms with E-state index in [1.165, 1.54) is 7.11 Å². The van der Waals surface area contributed by atoms with E-state index in [4.69, 9.17) is 9.47 Å². The molecule has 0 saturated carbocycles. The van der Waals surface area contributed by atoms with E-state index in [2.05, 4.69) is 19.2 Å². The van der Waals surface area contributed by atoms with Crippen molar-refractivity contribution < 1.29 is 14.3 Å². The van der Waals surface area contributed by atoms with E-state index in [9.17, 15) is 4.79 Å². The maximum absolute atomic E-state index is 11.9. The van der Waals surface area contributed by atoms with Crippen LogP contribution in [-0.4, -0.2) is 20.2 Å². The Kier molecular flexibility index (Phi) is 5.11. The van der Waals surface area contributed by atoms with E-state index in [0.717, 1.165) is 41.8 Å². The molecule has 4 nitrogen and oxygen atoms in total. The molecule has 4 heteroatoms. The molecule has 0 saturated heterocycles. The van der Waals surface area contributed by atoms with Gasteiger partial charge in [0, 0.05) is 12.2 Å². The number of methoxy groups -OCH3 is 2. The Hall–Kier alpha value is -1.97. The van der Waals surface area contributed by atoms with E-state index in [1.807, 2.05) is 24.3 Å². The molecule has 0 atom stereocenters. The van der Waals surface area contributed by atoms with Gasteiger partial charge in [0.2, 0.25) is 0 Å². The molecule has 1 aromatic carbocycles. The van der Waals surface area contributed by atoms with Crippen LogP contribution in [0.5, 0.6) is 5.75 Å². The summed E-state index contributed by atoms with van der Waals surface area (Å²) in [5.74, 6) is 0.629. The smallest absolute Gasteiger partial charge is 0.335 e. The van der Waals surface area contributed by atoms with Crippen LogP contribution in [-0.2, 0) is 16.1 Å². The molecule has 120 valence electrons. The first kappa shape index (κ1) is 16.4. The van der Waals surface area contributed by atoms with Gasteiger partial charge >= 0.3 is 5.97 Å². The van der Waals surface area contributed by atoms with Crippen LogP contribution in [0.15, 0.2) is 35.5 Å². The molecule has 0 unspecified atom stereocenters. The Morgan fingerprint density at radius 2 is 1.91 bits per heavy atom. The predicted molar refractivity (Wildman–Crippen MR) is 86.5 cm³/mol. The first-order valence-corrected chi connectivity index (χ1v) is 7.62. The van der Waals surface area contributed by atoms with E-state index in [0.29, 0.717) is 6.54 Å². The van der Waals surface area contributed by atoms with Crippen LogP contribution in [0.25, 0.3) is 0 Å². The second-order valence-electron chi connectivity index (χ2n) is 6.49. The minimum Gasteiger partial charge on any atom is -0.497 e. The Labute approximate surface area is 132 Å². The molecule has 22 heavy (non-hydrogen) atoms. The van der Waals surface area contributed by atoms with Crippen molar-refractivity contribution in [2.45, 2.75) is 39.7 Å². The minimum atomic E-state index is -0.215. The molecule has 2 rings (SSSR count). The van der Waals surface area contributed by atoms with E-state index < -0.39 is 0 Å². The third-order valence-corrected chi connectivity index (χ3v) is 4.17. The molecular weight excluding hydrogens is 278 g/mol. The number of ether oxygens (including phenoxy) is 2. The fourth-order valence-corrected chi connectivity index (χ4v) is 2.76. The molecular formula is C18H25NO3. The summed E-state index contributed by atoms with van der Waals surface area (Å²) in [5, 5.41) is 3.43. The maximum Gasteiger partial charge on any atom is 0.335 e. The van der Waals surface area contributed by atoms with Crippen LogP contribution in [0.4, 0.5) is 0 Å². The molecule has 1 aliphatic carbocycles. The lowest BCUT2D eigenvalue weighted by molar-refractivity contribution is -0.136. The number of rotatable bonds is 5. The molecule has 0 bridgehead atoms. The topological polar surface area (TPSA) is 47.6 Å². The Bertz CT molecular complexity index is 558. The molecule has 0 aromatic heterocycles. The van der Waals surface area contributed by atoms with Crippen molar-refractivity contribution >= 4 is 5.97 Å². The fraction of sp³-hybridized carbons (Fsp3) is 0.500. The summed E-state index contributed by atoms with van der Waals surface area (Å²) in [7, 11) is 3.10. The predicted octanol–water partition coefficient (Wildman–Crippen LogP) is 3.42. The molecule has 0 radical (unpaired) electrons. The van der Waals surface area contributed by atoms with Crippen LogP contribution in [0.2, 0.25) is 0 Å². The van der Waals surface area contributed by atoms with Crippen molar-refractivity contribution in [1.29, 1.82) is 0 Å². The molecule has 0 aliphatic heterocycles. The molecule has 0 heterocycles. The average molecular weight is 303 g/mol. The van der Waals surface area contributed by atoms with Gasteiger partial charge in [-0.1, -0.05) is 26.0 Å². The largest absolute Gasteiger partial charge is 0.497 e. The fourth-order valence-electron chi connectivity index (χ4n) is 2.76. The normalized spacial score (nSPS) is 17.1. The van der Waals surface area contributed by atoms with E-state index >= 15 is 0 Å². The maximum atomic E-state index is 11.9. The number of allylic oxidation sites excluding steroid dienone is 1. The van der Waals surface area contributed by atoms with Gasteiger partial charge in [0.15, 0.2) is 0 Å². The lowest BCUT2D eigenvalue weighted by Gasteiger charge is -2.32. The highest BCUT2D eigenvalue weighted by Crippen LogP contribution is 2.38. The number of hydrogen-bond donors (Lipinski definition) is 1. The standard InChI is InChI=1S/C18H25NO3/c1-18(2)10-9-15(17(20)22-4)16(11-18)19-12-13-5-7-14(21-3)8-6-13/h5-8,19H,9-12H2,1-4H3. The zero-order valence-corrected chi connectivity index (χ0v) is 13.9. The van der Waals surface area contributed by atoms with Crippen molar-refractivity contribution in [2.75, 3.05) is 14.2 Å². The first-order chi connectivity index (χ1) is 10.4. The first-order valence-electron chi connectivity index (χ1n) is 7.62. The number of benzene rings is 1. The highest BCUT2D eigenvalue weighted by Gasteiger charge is 2.30. The summed E-state index contributed by atoms with van der Waals surface area (Å²) >= 11 is 0. The van der Waals surface area contributed by atoms with Gasteiger partial charge in [-0.3, -0.25) is 0 Å². The van der Waals surface area contributed by atoms with Gasteiger partial charge in [-0.25, -0.2) is 4.79 Å². The SMILES string of the molecule is COC(=O)C1=C(NCc2ccc(OC)cc2)CC(C)(C)CC1. The highest BCUT2D eigenvalue weighted by atomic mass is 16.5. The molecule has 1 N–H and O–H groups in total. The Balaban J connectivity index is 2.11. The third kappa shape index (κ3) is 4.03. The van der Waals surface area contributed by atoms with Crippen LogP contribution < -0.4 is 10.1 Å². The second-order valence-corrected chi connectivity index (χ2v) is 6.49. The molecule has 1 aliphatic rings. The number of esters is 1. The number of carbonyl (C=O) groups is 1. The van der Waals surface area contributed by atoms with Gasteiger partial charge in [0.25, 0.3) is 0 Å². The van der Waals surface area contributed by atoms with Gasteiger partial charge in [-0.15, -0.1) is 0 Å². The van der Waals surface area contributed by atoms with Crippen LogP contribution in [0.1, 0.15) is 38.7 Å². The highest BCUT2D eigenvalue weighted by molar-refractivity contribution is 5.89. The Morgan fingerprint density at radius 1 is 1.23 bits per heavy atom. The van der Waals surface area contributed by atoms with Gasteiger partial charge in [0.05, 0.1) is 19.8 Å². The summed E-state index contributed by atoms with van der Waals surface area (Å²) in [6, 6.07) is 7.94. The lowest BCUT2D eigenvalue weighted by atomic mass is 9.76. The van der Waals surface area contributed by atoms with Crippen molar-refractivity contribution in [3.63, 3.8) is 0 Å². The van der Waals surface area contributed by atoms with Crippen molar-refractivity contribution in [2.24, 2.45) is 5.41 Å². The quantitative estimate of drug-likeness (QED) is 0.847. The average Bonchev–Trinajstić information content (AvgIpc) is 2.52. The van der Waals surface area contributed by atoms with E-state index in [1.54, 1.807) is 7.11 Å². The van der Waals surface area contributed by atoms with Gasteiger partial charge in [0.1, 0.15) is 5.75 Å². The number of nitrogens with one attached hydrogen (secondary N) is 1. The third-order valence-electron chi connectivity index (χ3n) is 4.17. The lowest BCUT2D eigenvalue weighted by Crippen LogP contribution is -2.29. The zero-order chi connectivity index (χ0) is 16.2. The molecule has 0 amide bonds. The minimum absolute atomic E-state index is 0.208. The van der Waals surface area contributed by atoms with Crippen LogP contribution in [0.3, 0.4) is 0 Å². The summed E-state index contributed by atoms with van der Waals surface area (Å²) in [4.78, 5) is 11.9. The van der Waals surface area contributed by atoms with Crippen molar-refractivity contribution in [1.82, 2.24) is 5.32 Å². The monoisotopic (exact) mass is 303 g/mol. The number of carbonyl (C=O) groups excluding carboxylic acids is 1. The van der Waals surface area contributed by atoms with Gasteiger partial charge in [-0.05, 0) is 42.4 Å². The summed E-state index contributed by atoms with van der Waals surface area (Å²) in [5.41, 5.74) is 3.16. The number of hydrogen-bond acceptors (Lipinski definition) is 4. The summed E-state index contributed by atoms with van der Waals surface area (Å²) in [6.07, 6.45) is 2.64. The summed E-state index contributed by atoms with van der Waals surface area (Å²) in [6.45, 7) is 5.15.